The van der Waals surface area contributed by atoms with Gasteiger partial charge in [0, 0.05) is 18.0 Å². The van der Waals surface area contributed by atoms with Crippen LogP contribution in [0.3, 0.4) is 0 Å². The van der Waals surface area contributed by atoms with Crippen LogP contribution in [0.2, 0.25) is 0 Å². The van der Waals surface area contributed by atoms with Crippen molar-refractivity contribution in [3.8, 4) is 11.1 Å². The van der Waals surface area contributed by atoms with Crippen molar-refractivity contribution in [3.63, 3.8) is 0 Å². The predicted octanol–water partition coefficient (Wildman–Crippen LogP) is 3.99. The molecule has 0 aliphatic heterocycles. The Morgan fingerprint density at radius 3 is 2.14 bits per heavy atom. The number of aromatic carboxylic acids is 1. The zero-order valence-corrected chi connectivity index (χ0v) is 18.4. The molecule has 9 heteroatoms. The number of amides is 1. The fraction of sp³-hybridized carbons (Fsp3) is 0.231. The molecule has 7 nitrogen and oxygen atoms in total. The summed E-state index contributed by atoms with van der Waals surface area (Å²) >= 11 is 0. The standard InChI is InChI=1S/C26H23F2NO6/c27-21-12-19(25(32)33)22(28)11-18(21)24(31)23(30)9-10-29-26(34)35-13-20-16-7-3-1-5-14(16)15-6-2-4-8-17(15)20/h1-8,11-12,20,23-24,30-31H,9-10,13H2,(H,29,34)(H,32,33). The van der Waals surface area contributed by atoms with E-state index in [2.05, 4.69) is 5.32 Å². The van der Waals surface area contributed by atoms with Crippen LogP contribution in [-0.2, 0) is 4.74 Å². The summed E-state index contributed by atoms with van der Waals surface area (Å²) in [6, 6.07) is 16.7. The number of nitrogens with one attached hydrogen (secondary N) is 1. The topological polar surface area (TPSA) is 116 Å². The van der Waals surface area contributed by atoms with Gasteiger partial charge in [-0.1, -0.05) is 48.5 Å². The molecule has 2 unspecified atom stereocenters. The van der Waals surface area contributed by atoms with Gasteiger partial charge in [0.15, 0.2) is 0 Å². The number of alkyl carbamates (subject to hydrolysis) is 1. The fourth-order valence-electron chi connectivity index (χ4n) is 4.29. The molecule has 4 rings (SSSR count). The molecular formula is C26H23F2NO6. The van der Waals surface area contributed by atoms with Gasteiger partial charge >= 0.3 is 12.1 Å². The highest BCUT2D eigenvalue weighted by molar-refractivity contribution is 5.88. The number of hydrogen-bond acceptors (Lipinski definition) is 5. The zero-order chi connectivity index (χ0) is 25.1. The lowest BCUT2D eigenvalue weighted by Crippen LogP contribution is -2.31. The third kappa shape index (κ3) is 5.01. The summed E-state index contributed by atoms with van der Waals surface area (Å²) in [4.78, 5) is 23.1. The summed E-state index contributed by atoms with van der Waals surface area (Å²) in [7, 11) is 0. The number of hydrogen-bond donors (Lipinski definition) is 4. The van der Waals surface area contributed by atoms with E-state index in [-0.39, 0.29) is 25.5 Å². The van der Waals surface area contributed by atoms with Crippen molar-refractivity contribution in [3.05, 3.63) is 94.6 Å². The van der Waals surface area contributed by atoms with Crippen molar-refractivity contribution < 1.29 is 38.4 Å². The van der Waals surface area contributed by atoms with Gasteiger partial charge in [0.1, 0.15) is 24.3 Å². The number of rotatable bonds is 8. The highest BCUT2D eigenvalue weighted by Gasteiger charge is 2.29. The molecule has 4 N–H and O–H groups in total. The first-order valence-corrected chi connectivity index (χ1v) is 10.9. The Kier molecular flexibility index (Phi) is 7.09. The fourth-order valence-corrected chi connectivity index (χ4v) is 4.29. The number of fused-ring (bicyclic) bond motifs is 3. The average Bonchev–Trinajstić information content (AvgIpc) is 3.17. The normalized spacial score (nSPS) is 14.1. The Labute approximate surface area is 199 Å². The maximum atomic E-state index is 14.1. The van der Waals surface area contributed by atoms with Crippen LogP contribution in [-0.4, -0.2) is 46.6 Å². The Balaban J connectivity index is 1.30. The highest BCUT2D eigenvalue weighted by Crippen LogP contribution is 2.44. The molecule has 1 aliphatic rings. The third-order valence-electron chi connectivity index (χ3n) is 6.05. The number of carboxylic acid groups (broad SMARTS) is 1. The molecule has 2 atom stereocenters. The van der Waals surface area contributed by atoms with E-state index >= 15 is 0 Å². The lowest BCUT2D eigenvalue weighted by molar-refractivity contribution is 0.0114. The molecule has 0 radical (unpaired) electrons. The number of aliphatic hydroxyl groups is 2. The van der Waals surface area contributed by atoms with Crippen molar-refractivity contribution in [2.75, 3.05) is 13.2 Å². The molecule has 0 bridgehead atoms. The number of carbonyl (C=O) groups excluding carboxylic acids is 1. The molecule has 1 amide bonds. The van der Waals surface area contributed by atoms with Gasteiger partial charge in [-0.25, -0.2) is 18.4 Å². The van der Waals surface area contributed by atoms with Crippen LogP contribution in [0.25, 0.3) is 11.1 Å². The number of ether oxygens (including phenoxy) is 1. The number of carbonyl (C=O) groups is 2. The van der Waals surface area contributed by atoms with E-state index < -0.39 is 47.0 Å². The summed E-state index contributed by atoms with van der Waals surface area (Å²) in [6.07, 6.45) is -4.28. The van der Waals surface area contributed by atoms with Crippen LogP contribution < -0.4 is 5.32 Å². The Morgan fingerprint density at radius 2 is 1.54 bits per heavy atom. The minimum Gasteiger partial charge on any atom is -0.478 e. The smallest absolute Gasteiger partial charge is 0.407 e. The second-order valence-corrected chi connectivity index (χ2v) is 8.21. The van der Waals surface area contributed by atoms with Crippen molar-refractivity contribution in [1.82, 2.24) is 5.32 Å². The minimum absolute atomic E-state index is 0.103. The molecule has 0 aromatic heterocycles. The largest absolute Gasteiger partial charge is 0.478 e. The number of benzene rings is 3. The first-order valence-electron chi connectivity index (χ1n) is 10.9. The SMILES string of the molecule is O=C(NCCC(O)C(O)c1cc(F)c(C(=O)O)cc1F)OCC1c2ccccc2-c2ccccc21. The molecule has 0 heterocycles. The monoisotopic (exact) mass is 483 g/mol. The summed E-state index contributed by atoms with van der Waals surface area (Å²) in [5, 5.41) is 31.6. The first kappa shape index (κ1) is 24.3. The second-order valence-electron chi connectivity index (χ2n) is 8.21. The van der Waals surface area contributed by atoms with E-state index in [1.54, 1.807) is 0 Å². The molecule has 3 aromatic carbocycles. The summed E-state index contributed by atoms with van der Waals surface area (Å²) in [6.45, 7) is -0.00232. The van der Waals surface area contributed by atoms with Crippen LogP contribution in [0.5, 0.6) is 0 Å². The van der Waals surface area contributed by atoms with Crippen molar-refractivity contribution >= 4 is 12.1 Å². The van der Waals surface area contributed by atoms with Crippen molar-refractivity contribution in [2.24, 2.45) is 0 Å². The van der Waals surface area contributed by atoms with E-state index in [0.29, 0.717) is 12.1 Å². The van der Waals surface area contributed by atoms with Crippen LogP contribution in [0.1, 0.15) is 45.5 Å². The quantitative estimate of drug-likeness (QED) is 0.385. The zero-order valence-electron chi connectivity index (χ0n) is 18.4. The van der Waals surface area contributed by atoms with Gasteiger partial charge in [0.05, 0.1) is 11.7 Å². The molecule has 0 fully saturated rings. The molecule has 0 saturated heterocycles. The maximum Gasteiger partial charge on any atom is 0.407 e. The van der Waals surface area contributed by atoms with Gasteiger partial charge in [-0.3, -0.25) is 0 Å². The molecule has 0 saturated carbocycles. The van der Waals surface area contributed by atoms with E-state index in [9.17, 15) is 28.6 Å². The number of aliphatic hydroxyl groups excluding tert-OH is 2. The summed E-state index contributed by atoms with van der Waals surface area (Å²) < 4.78 is 33.3. The highest BCUT2D eigenvalue weighted by atomic mass is 19.1. The van der Waals surface area contributed by atoms with Gasteiger partial charge in [0.25, 0.3) is 0 Å². The first-order chi connectivity index (χ1) is 16.8. The summed E-state index contributed by atoms with van der Waals surface area (Å²) in [5.41, 5.74) is 2.83. The molecule has 0 spiro atoms. The molecule has 3 aromatic rings. The van der Waals surface area contributed by atoms with Crippen LogP contribution in [0, 0.1) is 11.6 Å². The third-order valence-corrected chi connectivity index (χ3v) is 6.05. The Morgan fingerprint density at radius 1 is 0.943 bits per heavy atom. The number of carboxylic acids is 1. The van der Waals surface area contributed by atoms with E-state index in [0.717, 1.165) is 22.3 Å². The molecule has 35 heavy (non-hydrogen) atoms. The maximum absolute atomic E-state index is 14.1. The van der Waals surface area contributed by atoms with Gasteiger partial charge in [-0.05, 0) is 40.8 Å². The van der Waals surface area contributed by atoms with Gasteiger partial charge in [-0.2, -0.15) is 0 Å². The van der Waals surface area contributed by atoms with Gasteiger partial charge < -0.3 is 25.4 Å². The number of halogens is 2. The van der Waals surface area contributed by atoms with Gasteiger partial charge in [0.2, 0.25) is 0 Å². The van der Waals surface area contributed by atoms with E-state index in [4.69, 9.17) is 9.84 Å². The molecule has 1 aliphatic carbocycles. The molecule has 182 valence electrons. The van der Waals surface area contributed by atoms with E-state index in [1.807, 2.05) is 48.5 Å². The Hall–Kier alpha value is -3.82. The van der Waals surface area contributed by atoms with Crippen LogP contribution in [0.4, 0.5) is 13.6 Å². The minimum atomic E-state index is -1.82. The predicted molar refractivity (Wildman–Crippen MR) is 122 cm³/mol. The van der Waals surface area contributed by atoms with Crippen LogP contribution in [0.15, 0.2) is 60.7 Å². The molecular weight excluding hydrogens is 460 g/mol. The Bertz CT molecular complexity index is 1220. The van der Waals surface area contributed by atoms with Crippen LogP contribution >= 0.6 is 0 Å². The van der Waals surface area contributed by atoms with Crippen molar-refractivity contribution in [2.45, 2.75) is 24.5 Å². The summed E-state index contributed by atoms with van der Waals surface area (Å²) in [5.74, 6) is -4.18. The van der Waals surface area contributed by atoms with Crippen molar-refractivity contribution in [1.29, 1.82) is 0 Å². The lowest BCUT2D eigenvalue weighted by Gasteiger charge is -2.19. The second kappa shape index (κ2) is 10.2. The van der Waals surface area contributed by atoms with E-state index in [1.165, 1.54) is 0 Å². The average molecular weight is 483 g/mol. The lowest BCUT2D eigenvalue weighted by atomic mass is 9.98. The van der Waals surface area contributed by atoms with Gasteiger partial charge in [-0.15, -0.1) is 0 Å².